The number of rotatable bonds is 2. The molecule has 3 N–H and O–H groups in total. The van der Waals surface area contributed by atoms with Gasteiger partial charge >= 0.3 is 0 Å². The molecule has 1 aromatic heterocycles. The van der Waals surface area contributed by atoms with Gasteiger partial charge in [-0.1, -0.05) is 0 Å². The Bertz CT molecular complexity index is 554. The topological polar surface area (TPSA) is 78.5 Å². The molecule has 0 aromatic carbocycles. The van der Waals surface area contributed by atoms with Crippen LogP contribution < -0.4 is 10.6 Å². The van der Waals surface area contributed by atoms with Crippen molar-refractivity contribution in [3.05, 3.63) is 11.9 Å². The molecule has 0 unspecified atom stereocenters. The molecule has 1 aromatic rings. The van der Waals surface area contributed by atoms with Crippen LogP contribution in [0.1, 0.15) is 31.5 Å². The lowest BCUT2D eigenvalue weighted by atomic mass is 9.77. The van der Waals surface area contributed by atoms with Crippen LogP contribution in [0.25, 0.3) is 0 Å². The standard InChI is InChI=1S/C17H27N5O/c1-11-19-16(18)8-17(20-11)22-9-12-6-14(21-4-2-3-5-21)15(23)7-13(12)10-22/h8,12-15,23H,2-7,9-10H2,1H3,(H2,18,19,20)/t12-,13+,14-,15-/m1/s1. The fourth-order valence-corrected chi connectivity index (χ4v) is 4.80. The lowest BCUT2D eigenvalue weighted by Crippen LogP contribution is -2.48. The third-order valence-corrected chi connectivity index (χ3v) is 5.89. The predicted octanol–water partition coefficient (Wildman–Crippen LogP) is 1.04. The summed E-state index contributed by atoms with van der Waals surface area (Å²) in [6, 6.07) is 2.23. The normalized spacial score (nSPS) is 34.8. The smallest absolute Gasteiger partial charge is 0.134 e. The van der Waals surface area contributed by atoms with Gasteiger partial charge in [0.15, 0.2) is 0 Å². The molecule has 23 heavy (non-hydrogen) atoms. The largest absolute Gasteiger partial charge is 0.391 e. The number of aryl methyl sites for hydroxylation is 1. The average molecular weight is 317 g/mol. The molecule has 4 rings (SSSR count). The molecule has 6 heteroatoms. The van der Waals surface area contributed by atoms with Gasteiger partial charge in [-0.25, -0.2) is 9.97 Å². The molecule has 0 amide bonds. The molecule has 3 heterocycles. The molecule has 0 radical (unpaired) electrons. The maximum absolute atomic E-state index is 10.6. The van der Waals surface area contributed by atoms with E-state index in [0.717, 1.165) is 50.7 Å². The van der Waals surface area contributed by atoms with Crippen LogP contribution in [-0.4, -0.2) is 58.3 Å². The molecular formula is C17H27N5O. The summed E-state index contributed by atoms with van der Waals surface area (Å²) in [5.74, 6) is 3.43. The van der Waals surface area contributed by atoms with Crippen molar-refractivity contribution in [2.45, 2.75) is 44.8 Å². The van der Waals surface area contributed by atoms with Gasteiger partial charge < -0.3 is 15.7 Å². The summed E-state index contributed by atoms with van der Waals surface area (Å²) in [4.78, 5) is 13.6. The highest BCUT2D eigenvalue weighted by atomic mass is 16.3. The molecule has 0 spiro atoms. The summed E-state index contributed by atoms with van der Waals surface area (Å²) >= 11 is 0. The van der Waals surface area contributed by atoms with Gasteiger partial charge in [0.1, 0.15) is 17.5 Å². The number of aliphatic hydroxyl groups is 1. The maximum atomic E-state index is 10.6. The minimum absolute atomic E-state index is 0.175. The molecule has 2 saturated heterocycles. The number of fused-ring (bicyclic) bond motifs is 1. The molecule has 4 atom stereocenters. The predicted molar refractivity (Wildman–Crippen MR) is 90.2 cm³/mol. The van der Waals surface area contributed by atoms with Gasteiger partial charge in [0.05, 0.1) is 6.10 Å². The number of anilines is 2. The molecule has 2 aliphatic heterocycles. The van der Waals surface area contributed by atoms with E-state index in [1.165, 1.54) is 12.8 Å². The fraction of sp³-hybridized carbons (Fsp3) is 0.765. The summed E-state index contributed by atoms with van der Waals surface area (Å²) in [7, 11) is 0. The maximum Gasteiger partial charge on any atom is 0.134 e. The van der Waals surface area contributed by atoms with Gasteiger partial charge in [-0.3, -0.25) is 4.90 Å². The van der Waals surface area contributed by atoms with Crippen molar-refractivity contribution >= 4 is 11.6 Å². The minimum atomic E-state index is -0.175. The first-order valence-corrected chi connectivity index (χ1v) is 8.88. The third kappa shape index (κ3) is 2.90. The van der Waals surface area contributed by atoms with Crippen LogP contribution in [0.15, 0.2) is 6.07 Å². The van der Waals surface area contributed by atoms with E-state index in [2.05, 4.69) is 19.8 Å². The Morgan fingerprint density at radius 1 is 1.13 bits per heavy atom. The van der Waals surface area contributed by atoms with Gasteiger partial charge in [0, 0.05) is 25.2 Å². The zero-order valence-electron chi connectivity index (χ0n) is 13.9. The Morgan fingerprint density at radius 3 is 2.52 bits per heavy atom. The van der Waals surface area contributed by atoms with Crippen LogP contribution in [0.2, 0.25) is 0 Å². The molecule has 1 aliphatic carbocycles. The van der Waals surface area contributed by atoms with Crippen LogP contribution in [0.4, 0.5) is 11.6 Å². The molecule has 0 bridgehead atoms. The lowest BCUT2D eigenvalue weighted by Gasteiger charge is -2.40. The molecule has 3 fully saturated rings. The monoisotopic (exact) mass is 317 g/mol. The van der Waals surface area contributed by atoms with Gasteiger partial charge in [-0.2, -0.15) is 0 Å². The van der Waals surface area contributed by atoms with Crippen molar-refractivity contribution in [1.82, 2.24) is 14.9 Å². The number of aliphatic hydroxyl groups excluding tert-OH is 1. The van der Waals surface area contributed by atoms with Crippen molar-refractivity contribution in [2.24, 2.45) is 11.8 Å². The quantitative estimate of drug-likeness (QED) is 0.848. The zero-order chi connectivity index (χ0) is 16.0. The summed E-state index contributed by atoms with van der Waals surface area (Å²) in [5, 5.41) is 10.6. The SMILES string of the molecule is Cc1nc(N)cc(N2C[C@H]3C[C@@H](N4CCCC4)[C@H](O)C[C@H]3C2)n1. The summed E-state index contributed by atoms with van der Waals surface area (Å²) in [5.41, 5.74) is 5.88. The van der Waals surface area contributed by atoms with Crippen LogP contribution >= 0.6 is 0 Å². The molecule has 3 aliphatic rings. The number of nitrogens with zero attached hydrogens (tertiary/aromatic N) is 4. The Hall–Kier alpha value is -1.40. The van der Waals surface area contributed by atoms with Gasteiger partial charge in [0.25, 0.3) is 0 Å². The van der Waals surface area contributed by atoms with E-state index in [-0.39, 0.29) is 6.10 Å². The van der Waals surface area contributed by atoms with E-state index in [9.17, 15) is 5.11 Å². The van der Waals surface area contributed by atoms with Crippen molar-refractivity contribution in [3.8, 4) is 0 Å². The number of hydrogen-bond acceptors (Lipinski definition) is 6. The Morgan fingerprint density at radius 2 is 1.83 bits per heavy atom. The Labute approximate surface area is 137 Å². The zero-order valence-corrected chi connectivity index (χ0v) is 13.9. The fourth-order valence-electron chi connectivity index (χ4n) is 4.80. The minimum Gasteiger partial charge on any atom is -0.391 e. The van der Waals surface area contributed by atoms with Crippen LogP contribution in [0, 0.1) is 18.8 Å². The number of hydrogen-bond donors (Lipinski definition) is 2. The lowest BCUT2D eigenvalue weighted by molar-refractivity contribution is -0.000854. The third-order valence-electron chi connectivity index (χ3n) is 5.89. The summed E-state index contributed by atoms with van der Waals surface area (Å²) in [6.07, 6.45) is 4.42. The second kappa shape index (κ2) is 5.91. The molecule has 6 nitrogen and oxygen atoms in total. The summed E-state index contributed by atoms with van der Waals surface area (Å²) < 4.78 is 0. The summed E-state index contributed by atoms with van der Waals surface area (Å²) in [6.45, 7) is 6.20. The molecular weight excluding hydrogens is 290 g/mol. The van der Waals surface area contributed by atoms with Crippen LogP contribution in [-0.2, 0) is 0 Å². The van der Waals surface area contributed by atoms with Gasteiger partial charge in [0.2, 0.25) is 0 Å². The first-order valence-electron chi connectivity index (χ1n) is 8.88. The van der Waals surface area contributed by atoms with E-state index in [0.29, 0.717) is 23.7 Å². The molecule has 1 saturated carbocycles. The number of nitrogens with two attached hydrogens (primary N) is 1. The highest BCUT2D eigenvalue weighted by molar-refractivity contribution is 5.48. The van der Waals surface area contributed by atoms with Crippen molar-refractivity contribution in [2.75, 3.05) is 36.8 Å². The second-order valence-electron chi connectivity index (χ2n) is 7.47. The second-order valence-corrected chi connectivity index (χ2v) is 7.47. The van der Waals surface area contributed by atoms with E-state index >= 15 is 0 Å². The van der Waals surface area contributed by atoms with E-state index in [1.54, 1.807) is 0 Å². The highest BCUT2D eigenvalue weighted by Gasteiger charge is 2.44. The van der Waals surface area contributed by atoms with E-state index < -0.39 is 0 Å². The first kappa shape index (κ1) is 15.1. The van der Waals surface area contributed by atoms with Crippen LogP contribution in [0.5, 0.6) is 0 Å². The van der Waals surface area contributed by atoms with E-state index in [1.807, 2.05) is 13.0 Å². The Kier molecular flexibility index (Phi) is 3.89. The van der Waals surface area contributed by atoms with Crippen molar-refractivity contribution in [1.29, 1.82) is 0 Å². The Balaban J connectivity index is 1.48. The number of nitrogen functional groups attached to an aromatic ring is 1. The average Bonchev–Trinajstić information content (AvgIpc) is 3.13. The highest BCUT2D eigenvalue weighted by Crippen LogP contribution is 2.40. The van der Waals surface area contributed by atoms with E-state index in [4.69, 9.17) is 5.73 Å². The van der Waals surface area contributed by atoms with Crippen molar-refractivity contribution < 1.29 is 5.11 Å². The van der Waals surface area contributed by atoms with Crippen molar-refractivity contribution in [3.63, 3.8) is 0 Å². The first-order chi connectivity index (χ1) is 11.1. The van der Waals surface area contributed by atoms with Gasteiger partial charge in [-0.15, -0.1) is 0 Å². The number of likely N-dealkylation sites (tertiary alicyclic amines) is 1. The number of aromatic nitrogens is 2. The van der Waals surface area contributed by atoms with Crippen LogP contribution in [0.3, 0.4) is 0 Å². The molecule has 126 valence electrons. The van der Waals surface area contributed by atoms with Gasteiger partial charge in [-0.05, 0) is 57.5 Å².